The third-order valence-electron chi connectivity index (χ3n) is 11.6. The molecule has 0 radical (unpaired) electrons. The first-order valence-electron chi connectivity index (χ1n) is 22.4. The Labute approximate surface area is 388 Å². The Bertz CT molecular complexity index is 2220. The van der Waals surface area contributed by atoms with Crippen LogP contribution < -0.4 is 24.3 Å². The van der Waals surface area contributed by atoms with Crippen LogP contribution in [-0.2, 0) is 52.7 Å². The molecule has 16 nitrogen and oxygen atoms in total. The Morgan fingerprint density at radius 3 is 1.91 bits per heavy atom. The molecule has 3 aromatic carbocycles. The highest BCUT2D eigenvalue weighted by Crippen LogP contribution is 2.38. The molecule has 5 unspecified atom stereocenters. The van der Waals surface area contributed by atoms with Crippen LogP contribution in [0, 0.1) is 5.92 Å². The molecule has 4 amide bonds. The van der Waals surface area contributed by atoms with E-state index < -0.39 is 59.6 Å². The van der Waals surface area contributed by atoms with Crippen LogP contribution in [0.5, 0.6) is 23.0 Å². The van der Waals surface area contributed by atoms with Crippen molar-refractivity contribution in [1.29, 1.82) is 0 Å². The third-order valence-corrected chi connectivity index (χ3v) is 11.6. The van der Waals surface area contributed by atoms with Crippen LogP contribution in [0.15, 0.2) is 66.7 Å². The minimum Gasteiger partial charge on any atom is -0.459 e. The van der Waals surface area contributed by atoms with Crippen molar-refractivity contribution >= 4 is 35.6 Å². The second-order valence-electron chi connectivity index (χ2n) is 19.0. The highest BCUT2D eigenvalue weighted by molar-refractivity contribution is 5.98. The number of amides is 4. The number of esters is 1. The first-order chi connectivity index (χ1) is 31.0. The summed E-state index contributed by atoms with van der Waals surface area (Å²) < 4.78 is 34.1. The van der Waals surface area contributed by atoms with Gasteiger partial charge >= 0.3 is 12.1 Å². The first-order valence-corrected chi connectivity index (χ1v) is 22.4. The molecule has 1 N–H and O–H groups in total. The second-order valence-corrected chi connectivity index (χ2v) is 19.0. The highest BCUT2D eigenvalue weighted by atomic mass is 16.7. The van der Waals surface area contributed by atoms with Gasteiger partial charge < -0.3 is 48.4 Å². The number of benzene rings is 3. The molecule has 358 valence electrons. The molecule has 3 aromatic rings. The lowest BCUT2D eigenvalue weighted by Gasteiger charge is -2.29. The van der Waals surface area contributed by atoms with E-state index in [0.717, 1.165) is 16.7 Å². The Hall–Kier alpha value is -6.32. The van der Waals surface area contributed by atoms with Crippen molar-refractivity contribution in [2.45, 2.75) is 130 Å². The van der Waals surface area contributed by atoms with Crippen LogP contribution >= 0.6 is 0 Å². The van der Waals surface area contributed by atoms with Gasteiger partial charge in [0.2, 0.25) is 30.8 Å². The van der Waals surface area contributed by atoms with Gasteiger partial charge in [-0.2, -0.15) is 0 Å². The number of nitrogens with zero attached hydrogens (tertiary/aromatic N) is 3. The summed E-state index contributed by atoms with van der Waals surface area (Å²) in [6.07, 6.45) is -0.590. The van der Waals surface area contributed by atoms with Gasteiger partial charge in [0, 0.05) is 52.0 Å². The number of ketones is 1. The molecular formula is C50H66N4O12. The van der Waals surface area contributed by atoms with Gasteiger partial charge in [0.15, 0.2) is 23.0 Å². The summed E-state index contributed by atoms with van der Waals surface area (Å²) in [4.78, 5) is 83.5. The smallest absolute Gasteiger partial charge is 0.408 e. The molecule has 0 aromatic heterocycles. The second kappa shape index (κ2) is 21.8. The number of carbonyl (C=O) groups excluding carboxylic acids is 6. The maximum atomic E-state index is 13.6. The average molecular weight is 915 g/mol. The summed E-state index contributed by atoms with van der Waals surface area (Å²) in [5, 5.41) is 2.69. The maximum Gasteiger partial charge on any atom is 0.408 e. The average Bonchev–Trinajstić information content (AvgIpc) is 3.87. The maximum absolute atomic E-state index is 13.6. The van der Waals surface area contributed by atoms with Crippen molar-refractivity contribution in [2.75, 3.05) is 34.5 Å². The summed E-state index contributed by atoms with van der Waals surface area (Å²) in [7, 11) is 4.91. The quantitative estimate of drug-likeness (QED) is 0.0992. The van der Waals surface area contributed by atoms with E-state index in [1.807, 2.05) is 74.5 Å². The molecule has 5 atom stereocenters. The van der Waals surface area contributed by atoms with Crippen LogP contribution in [0.1, 0.15) is 91.3 Å². The Morgan fingerprint density at radius 1 is 0.697 bits per heavy atom. The third kappa shape index (κ3) is 14.6. The van der Waals surface area contributed by atoms with Crippen LogP contribution in [0.2, 0.25) is 0 Å². The monoisotopic (exact) mass is 914 g/mol. The lowest BCUT2D eigenvalue weighted by molar-refractivity contribution is -0.162. The standard InChI is InChI=1S/C50H66N4O12/c1-31(21-43(56)53(10)32(2)22-35-17-19-39-41(25-35)62-30-61-39)38(55)27-45(58)65-50(7,8)28-46-63-40-20-18-36(26-42(40)64-46)23-33(3)54(11)44(57)29-52(9)47(59)37(24-34-15-13-12-14-16-34)51-48(60)66-49(4,5)6/h12-20,25-26,31-33,37,46H,21-24,27-30H2,1-11H3,(H,51,60). The van der Waals surface area contributed by atoms with Crippen LogP contribution in [0.3, 0.4) is 0 Å². The SMILES string of the molecule is CC(CC(=O)N(C)C(C)Cc1ccc2c(c1)OCO2)C(=O)CC(=O)OC(C)(C)CC1Oc2ccc(CC(C)N(C)C(=O)CN(C)C(=O)C(Cc3ccccc3)NC(=O)OC(C)(C)C)cc2O1. The van der Waals surface area contributed by atoms with Gasteiger partial charge in [-0.05, 0) is 102 Å². The molecule has 2 aliphatic rings. The number of hydrogen-bond acceptors (Lipinski definition) is 12. The van der Waals surface area contributed by atoms with Gasteiger partial charge in [-0.1, -0.05) is 49.4 Å². The zero-order valence-electron chi connectivity index (χ0n) is 40.1. The molecule has 0 spiro atoms. The van der Waals surface area contributed by atoms with E-state index in [2.05, 4.69) is 5.32 Å². The number of Topliss-reactive ketones (excluding diaryl/α,β-unsaturated/α-hetero) is 1. The first kappa shape index (κ1) is 50.7. The molecule has 0 bridgehead atoms. The fraction of sp³-hybridized carbons (Fsp3) is 0.520. The number of likely N-dealkylation sites (N-methyl/N-ethyl adjacent to an activating group) is 3. The lowest BCUT2D eigenvalue weighted by Crippen LogP contribution is -2.52. The molecule has 0 saturated heterocycles. The topological polar surface area (TPSA) is 180 Å². The molecule has 5 rings (SSSR count). The molecule has 66 heavy (non-hydrogen) atoms. The van der Waals surface area contributed by atoms with Crippen LogP contribution in [-0.4, -0.2) is 120 Å². The van der Waals surface area contributed by atoms with E-state index in [-0.39, 0.29) is 56.5 Å². The zero-order chi connectivity index (χ0) is 48.5. The largest absolute Gasteiger partial charge is 0.459 e. The Kier molecular flexibility index (Phi) is 16.7. The van der Waals surface area contributed by atoms with E-state index >= 15 is 0 Å². The van der Waals surface area contributed by atoms with Crippen molar-refractivity contribution in [3.63, 3.8) is 0 Å². The minimum absolute atomic E-state index is 0.0438. The van der Waals surface area contributed by atoms with Crippen LogP contribution in [0.4, 0.5) is 4.79 Å². The molecule has 0 fully saturated rings. The van der Waals surface area contributed by atoms with Crippen molar-refractivity contribution in [1.82, 2.24) is 20.0 Å². The number of nitrogens with one attached hydrogen (secondary N) is 1. The predicted molar refractivity (Wildman–Crippen MR) is 245 cm³/mol. The van der Waals surface area contributed by atoms with Crippen molar-refractivity contribution in [3.8, 4) is 23.0 Å². The van der Waals surface area contributed by atoms with Gasteiger partial charge in [-0.25, -0.2) is 4.79 Å². The predicted octanol–water partition coefficient (Wildman–Crippen LogP) is 6.28. The van der Waals surface area contributed by atoms with E-state index in [4.69, 9.17) is 28.4 Å². The number of fused-ring (bicyclic) bond motifs is 2. The Balaban J connectivity index is 1.06. The van der Waals surface area contributed by atoms with E-state index in [1.165, 1.54) is 11.9 Å². The summed E-state index contributed by atoms with van der Waals surface area (Å²) >= 11 is 0. The summed E-state index contributed by atoms with van der Waals surface area (Å²) in [5.41, 5.74) is 0.886. The molecule has 2 aliphatic heterocycles. The Morgan fingerprint density at radius 2 is 1.27 bits per heavy atom. The summed E-state index contributed by atoms with van der Waals surface area (Å²) in [6, 6.07) is 19.1. The van der Waals surface area contributed by atoms with E-state index in [0.29, 0.717) is 35.8 Å². The number of ether oxygens (including phenoxy) is 6. The zero-order valence-corrected chi connectivity index (χ0v) is 40.1. The molecule has 16 heteroatoms. The highest BCUT2D eigenvalue weighted by Gasteiger charge is 2.35. The minimum atomic E-state index is -1.06. The van der Waals surface area contributed by atoms with Crippen molar-refractivity contribution < 1.29 is 57.2 Å². The molecule has 0 aliphatic carbocycles. The summed E-state index contributed by atoms with van der Waals surface area (Å²) in [5.74, 6) is -0.347. The molecular weight excluding hydrogens is 849 g/mol. The van der Waals surface area contributed by atoms with Crippen molar-refractivity contribution in [2.24, 2.45) is 5.92 Å². The van der Waals surface area contributed by atoms with Gasteiger partial charge in [-0.3, -0.25) is 24.0 Å². The number of rotatable bonds is 20. The van der Waals surface area contributed by atoms with Crippen molar-refractivity contribution in [3.05, 3.63) is 83.4 Å². The van der Waals surface area contributed by atoms with E-state index in [1.54, 1.807) is 71.5 Å². The van der Waals surface area contributed by atoms with Gasteiger partial charge in [0.1, 0.15) is 29.4 Å². The number of hydrogen-bond donors (Lipinski definition) is 1. The van der Waals surface area contributed by atoms with Crippen LogP contribution in [0.25, 0.3) is 0 Å². The van der Waals surface area contributed by atoms with Gasteiger partial charge in [-0.15, -0.1) is 0 Å². The van der Waals surface area contributed by atoms with E-state index in [9.17, 15) is 28.8 Å². The number of alkyl carbamates (subject to hydrolysis) is 1. The lowest BCUT2D eigenvalue weighted by atomic mass is 9.98. The number of carbonyl (C=O) groups is 6. The van der Waals surface area contributed by atoms with Gasteiger partial charge in [0.25, 0.3) is 0 Å². The van der Waals surface area contributed by atoms with Gasteiger partial charge in [0.05, 0.1) is 13.0 Å². The fourth-order valence-corrected chi connectivity index (χ4v) is 7.56. The summed E-state index contributed by atoms with van der Waals surface area (Å²) in [6.45, 7) is 14.1. The fourth-order valence-electron chi connectivity index (χ4n) is 7.56. The normalized spacial score (nSPS) is 15.7. The molecule has 2 heterocycles. The molecule has 0 saturated carbocycles.